The highest BCUT2D eigenvalue weighted by Gasteiger charge is 2.17. The van der Waals surface area contributed by atoms with Crippen LogP contribution in [0.1, 0.15) is 11.3 Å². The largest absolute Gasteiger partial charge is 0.376 e. The Morgan fingerprint density at radius 3 is 3.06 bits per heavy atom. The van der Waals surface area contributed by atoms with E-state index in [0.717, 1.165) is 56.4 Å². The SMILES string of the molecule is c1nc(N2CCNCC2)nc2c1COCC2. The number of hydrogen-bond donors (Lipinski definition) is 1. The molecule has 5 heteroatoms. The lowest BCUT2D eigenvalue weighted by Gasteiger charge is -2.28. The first-order chi connectivity index (χ1) is 7.93. The average Bonchev–Trinajstić information content (AvgIpc) is 2.39. The molecule has 1 saturated heterocycles. The zero-order chi connectivity index (χ0) is 10.8. The molecule has 1 aromatic heterocycles. The fourth-order valence-electron chi connectivity index (χ4n) is 2.14. The molecular weight excluding hydrogens is 204 g/mol. The van der Waals surface area contributed by atoms with Crippen LogP contribution >= 0.6 is 0 Å². The Kier molecular flexibility index (Phi) is 2.71. The molecule has 1 aromatic rings. The third kappa shape index (κ3) is 1.88. The first-order valence-electron chi connectivity index (χ1n) is 5.82. The molecule has 2 aliphatic rings. The molecule has 0 aliphatic carbocycles. The Hall–Kier alpha value is -1.20. The minimum absolute atomic E-state index is 0.664. The zero-order valence-electron chi connectivity index (χ0n) is 9.28. The van der Waals surface area contributed by atoms with E-state index in [1.165, 1.54) is 0 Å². The molecule has 5 nitrogen and oxygen atoms in total. The van der Waals surface area contributed by atoms with Gasteiger partial charge in [0.05, 0.1) is 18.9 Å². The normalized spacial score (nSPS) is 20.6. The van der Waals surface area contributed by atoms with E-state index in [1.54, 1.807) is 0 Å². The molecule has 0 atom stereocenters. The maximum absolute atomic E-state index is 5.38. The van der Waals surface area contributed by atoms with Crippen LogP contribution in [0.4, 0.5) is 5.95 Å². The van der Waals surface area contributed by atoms with Gasteiger partial charge in [-0.2, -0.15) is 0 Å². The van der Waals surface area contributed by atoms with Crippen LogP contribution < -0.4 is 10.2 Å². The van der Waals surface area contributed by atoms with Crippen LogP contribution in [0.25, 0.3) is 0 Å². The van der Waals surface area contributed by atoms with Crippen molar-refractivity contribution >= 4 is 5.95 Å². The van der Waals surface area contributed by atoms with Crippen molar-refractivity contribution in [2.24, 2.45) is 0 Å². The lowest BCUT2D eigenvalue weighted by Crippen LogP contribution is -2.44. The van der Waals surface area contributed by atoms with Crippen molar-refractivity contribution in [1.82, 2.24) is 15.3 Å². The monoisotopic (exact) mass is 220 g/mol. The Morgan fingerprint density at radius 2 is 2.19 bits per heavy atom. The van der Waals surface area contributed by atoms with E-state index in [2.05, 4.69) is 20.2 Å². The number of nitrogens with zero attached hydrogens (tertiary/aromatic N) is 3. The number of piperazine rings is 1. The molecule has 0 amide bonds. The van der Waals surface area contributed by atoms with Crippen molar-refractivity contribution in [3.05, 3.63) is 17.5 Å². The number of hydrogen-bond acceptors (Lipinski definition) is 5. The number of aromatic nitrogens is 2. The molecule has 1 N–H and O–H groups in total. The standard InChI is InChI=1S/C11H16N4O/c1-6-16-8-9-7-13-11(14-10(1)9)15-4-2-12-3-5-15/h7,12H,1-6,8H2. The summed E-state index contributed by atoms with van der Waals surface area (Å²) in [5.41, 5.74) is 2.31. The molecule has 2 aliphatic heterocycles. The summed E-state index contributed by atoms with van der Waals surface area (Å²) in [6.07, 6.45) is 2.83. The third-order valence-corrected chi connectivity index (χ3v) is 3.08. The number of anilines is 1. The molecule has 0 bridgehead atoms. The van der Waals surface area contributed by atoms with E-state index in [4.69, 9.17) is 4.74 Å². The van der Waals surface area contributed by atoms with E-state index in [1.807, 2.05) is 6.20 Å². The lowest BCUT2D eigenvalue weighted by molar-refractivity contribution is 0.109. The van der Waals surface area contributed by atoms with E-state index < -0.39 is 0 Å². The second kappa shape index (κ2) is 4.35. The van der Waals surface area contributed by atoms with Crippen LogP contribution in [-0.4, -0.2) is 42.8 Å². The summed E-state index contributed by atoms with van der Waals surface area (Å²) in [6.45, 7) is 5.47. The Bertz CT molecular complexity index is 376. The third-order valence-electron chi connectivity index (χ3n) is 3.08. The Morgan fingerprint density at radius 1 is 1.31 bits per heavy atom. The van der Waals surface area contributed by atoms with E-state index >= 15 is 0 Å². The second-order valence-electron chi connectivity index (χ2n) is 4.18. The lowest BCUT2D eigenvalue weighted by atomic mass is 10.1. The van der Waals surface area contributed by atoms with Crippen molar-refractivity contribution in [2.75, 3.05) is 37.7 Å². The highest BCUT2D eigenvalue weighted by molar-refractivity contribution is 5.34. The molecule has 3 heterocycles. The molecule has 0 unspecified atom stereocenters. The predicted molar refractivity (Wildman–Crippen MR) is 60.5 cm³/mol. The van der Waals surface area contributed by atoms with Gasteiger partial charge in [-0.3, -0.25) is 0 Å². The van der Waals surface area contributed by atoms with Gasteiger partial charge in [-0.25, -0.2) is 9.97 Å². The van der Waals surface area contributed by atoms with Gasteiger partial charge in [0.25, 0.3) is 0 Å². The zero-order valence-corrected chi connectivity index (χ0v) is 9.28. The van der Waals surface area contributed by atoms with Gasteiger partial charge < -0.3 is 15.0 Å². The van der Waals surface area contributed by atoms with Crippen LogP contribution in [0.3, 0.4) is 0 Å². The average molecular weight is 220 g/mol. The van der Waals surface area contributed by atoms with E-state index in [-0.39, 0.29) is 0 Å². The first kappa shape index (κ1) is 9.99. The van der Waals surface area contributed by atoms with Crippen molar-refractivity contribution in [2.45, 2.75) is 13.0 Å². The van der Waals surface area contributed by atoms with Crippen molar-refractivity contribution in [1.29, 1.82) is 0 Å². The number of ether oxygens (including phenoxy) is 1. The van der Waals surface area contributed by atoms with Gasteiger partial charge in [0.15, 0.2) is 0 Å². The fourth-order valence-corrected chi connectivity index (χ4v) is 2.14. The summed E-state index contributed by atoms with van der Waals surface area (Å²) in [5.74, 6) is 0.877. The summed E-state index contributed by atoms with van der Waals surface area (Å²) in [4.78, 5) is 11.3. The van der Waals surface area contributed by atoms with Crippen LogP contribution in [0, 0.1) is 0 Å². The van der Waals surface area contributed by atoms with Gasteiger partial charge in [0.2, 0.25) is 5.95 Å². The molecule has 0 saturated carbocycles. The maximum Gasteiger partial charge on any atom is 0.225 e. The van der Waals surface area contributed by atoms with Crippen LogP contribution in [0.2, 0.25) is 0 Å². The minimum atomic E-state index is 0.664. The highest BCUT2D eigenvalue weighted by atomic mass is 16.5. The first-order valence-corrected chi connectivity index (χ1v) is 5.82. The highest BCUT2D eigenvalue weighted by Crippen LogP contribution is 2.17. The number of rotatable bonds is 1. The predicted octanol–water partition coefficient (Wildman–Crippen LogP) is -0.0411. The fraction of sp³-hybridized carbons (Fsp3) is 0.636. The molecule has 0 aromatic carbocycles. The Balaban J connectivity index is 1.84. The topological polar surface area (TPSA) is 50.3 Å². The molecular formula is C11H16N4O. The summed E-state index contributed by atoms with van der Waals surface area (Å²) in [6, 6.07) is 0. The van der Waals surface area contributed by atoms with Gasteiger partial charge in [-0.05, 0) is 0 Å². The number of nitrogens with one attached hydrogen (secondary N) is 1. The van der Waals surface area contributed by atoms with Crippen molar-refractivity contribution in [3.8, 4) is 0 Å². The summed E-state index contributed by atoms with van der Waals surface area (Å²) < 4.78 is 5.38. The molecule has 86 valence electrons. The summed E-state index contributed by atoms with van der Waals surface area (Å²) in [5, 5.41) is 3.33. The van der Waals surface area contributed by atoms with Gasteiger partial charge in [-0.1, -0.05) is 0 Å². The van der Waals surface area contributed by atoms with Crippen molar-refractivity contribution in [3.63, 3.8) is 0 Å². The van der Waals surface area contributed by atoms with Crippen LogP contribution in [0.15, 0.2) is 6.20 Å². The van der Waals surface area contributed by atoms with Crippen LogP contribution in [0.5, 0.6) is 0 Å². The molecule has 1 fully saturated rings. The molecule has 0 spiro atoms. The quantitative estimate of drug-likeness (QED) is 0.719. The van der Waals surface area contributed by atoms with Gasteiger partial charge in [0, 0.05) is 44.4 Å². The van der Waals surface area contributed by atoms with Gasteiger partial charge in [-0.15, -0.1) is 0 Å². The van der Waals surface area contributed by atoms with Gasteiger partial charge in [0.1, 0.15) is 0 Å². The second-order valence-corrected chi connectivity index (χ2v) is 4.18. The Labute approximate surface area is 94.8 Å². The number of fused-ring (bicyclic) bond motifs is 1. The summed E-state index contributed by atoms with van der Waals surface area (Å²) >= 11 is 0. The summed E-state index contributed by atoms with van der Waals surface area (Å²) in [7, 11) is 0. The molecule has 16 heavy (non-hydrogen) atoms. The van der Waals surface area contributed by atoms with Crippen LogP contribution in [-0.2, 0) is 17.8 Å². The molecule has 3 rings (SSSR count). The van der Waals surface area contributed by atoms with E-state index in [9.17, 15) is 0 Å². The van der Waals surface area contributed by atoms with Gasteiger partial charge >= 0.3 is 0 Å². The maximum atomic E-state index is 5.38. The smallest absolute Gasteiger partial charge is 0.225 e. The minimum Gasteiger partial charge on any atom is -0.376 e. The molecule has 0 radical (unpaired) electrons. The van der Waals surface area contributed by atoms with E-state index in [0.29, 0.717) is 6.61 Å². The van der Waals surface area contributed by atoms with Crippen molar-refractivity contribution < 1.29 is 4.74 Å².